The molecule has 1 aromatic carbocycles. The van der Waals surface area contributed by atoms with Gasteiger partial charge in [-0.15, -0.1) is 0 Å². The molecular formula is C16H13NO4. The summed E-state index contributed by atoms with van der Waals surface area (Å²) in [5.74, 6) is -2.46. The summed E-state index contributed by atoms with van der Waals surface area (Å²) in [7, 11) is 1.86. The largest absolute Gasteiger partial charge is 0.478 e. The van der Waals surface area contributed by atoms with E-state index in [9.17, 15) is 19.8 Å². The molecule has 3 rings (SSSR count). The number of hydrogen-bond donors (Lipinski definition) is 2. The molecule has 106 valence electrons. The van der Waals surface area contributed by atoms with Crippen LogP contribution < -0.4 is 0 Å². The van der Waals surface area contributed by atoms with Crippen molar-refractivity contribution in [1.29, 1.82) is 0 Å². The minimum Gasteiger partial charge on any atom is -0.478 e. The van der Waals surface area contributed by atoms with Crippen LogP contribution in [0.5, 0.6) is 0 Å². The molecule has 0 bridgehead atoms. The Morgan fingerprint density at radius 2 is 1.86 bits per heavy atom. The van der Waals surface area contributed by atoms with Crippen LogP contribution in [0.1, 0.15) is 11.3 Å². The third kappa shape index (κ3) is 1.86. The summed E-state index contributed by atoms with van der Waals surface area (Å²) in [5, 5.41) is 19.6. The highest BCUT2D eigenvalue weighted by molar-refractivity contribution is 6.26. The number of aryl methyl sites for hydroxylation is 1. The van der Waals surface area contributed by atoms with Gasteiger partial charge in [-0.05, 0) is 6.07 Å². The van der Waals surface area contributed by atoms with Crippen LogP contribution in [0.25, 0.3) is 16.5 Å². The van der Waals surface area contributed by atoms with Crippen LogP contribution in [0.2, 0.25) is 0 Å². The monoisotopic (exact) mass is 283 g/mol. The van der Waals surface area contributed by atoms with Crippen molar-refractivity contribution in [2.24, 2.45) is 7.05 Å². The summed E-state index contributed by atoms with van der Waals surface area (Å²) >= 11 is 0. The lowest BCUT2D eigenvalue weighted by atomic mass is 9.98. The third-order valence-electron chi connectivity index (χ3n) is 3.79. The van der Waals surface area contributed by atoms with E-state index in [0.29, 0.717) is 12.0 Å². The average Bonchev–Trinajstić information content (AvgIpc) is 2.63. The Labute approximate surface area is 120 Å². The van der Waals surface area contributed by atoms with E-state index in [1.807, 2.05) is 35.9 Å². The summed E-state index contributed by atoms with van der Waals surface area (Å²) in [6.45, 7) is 0. The number of hydrogen-bond acceptors (Lipinski definition) is 2. The number of carbonyl (C=O) groups is 2. The molecule has 5 heteroatoms. The van der Waals surface area contributed by atoms with Gasteiger partial charge in [0, 0.05) is 35.6 Å². The van der Waals surface area contributed by atoms with Gasteiger partial charge in [-0.1, -0.05) is 30.4 Å². The Morgan fingerprint density at radius 3 is 2.52 bits per heavy atom. The number of fused-ring (bicyclic) bond motifs is 3. The molecule has 2 N–H and O–H groups in total. The number of allylic oxidation sites excluding steroid dienone is 1. The first kappa shape index (κ1) is 13.2. The van der Waals surface area contributed by atoms with E-state index in [-0.39, 0.29) is 11.1 Å². The van der Waals surface area contributed by atoms with E-state index < -0.39 is 11.9 Å². The van der Waals surface area contributed by atoms with Gasteiger partial charge >= 0.3 is 11.9 Å². The molecular weight excluding hydrogens is 270 g/mol. The molecule has 0 radical (unpaired) electrons. The molecule has 0 fully saturated rings. The second kappa shape index (κ2) is 4.63. The van der Waals surface area contributed by atoms with Crippen molar-refractivity contribution < 1.29 is 19.8 Å². The fraction of sp³-hybridized carbons (Fsp3) is 0.125. The van der Waals surface area contributed by atoms with Gasteiger partial charge in [0.25, 0.3) is 0 Å². The number of nitrogens with zero attached hydrogens (tertiary/aromatic N) is 1. The van der Waals surface area contributed by atoms with E-state index in [4.69, 9.17) is 0 Å². The van der Waals surface area contributed by atoms with Crippen molar-refractivity contribution in [3.63, 3.8) is 0 Å². The van der Waals surface area contributed by atoms with Crippen molar-refractivity contribution in [2.75, 3.05) is 0 Å². The maximum absolute atomic E-state index is 11.7. The van der Waals surface area contributed by atoms with E-state index >= 15 is 0 Å². The lowest BCUT2D eigenvalue weighted by molar-refractivity contribution is -0.134. The van der Waals surface area contributed by atoms with Crippen LogP contribution in [0, 0.1) is 0 Å². The highest BCUT2D eigenvalue weighted by Crippen LogP contribution is 2.35. The smallest absolute Gasteiger partial charge is 0.337 e. The predicted octanol–water partition coefficient (Wildman–Crippen LogP) is 2.21. The number of carboxylic acid groups (broad SMARTS) is 2. The molecule has 0 saturated carbocycles. The molecule has 21 heavy (non-hydrogen) atoms. The van der Waals surface area contributed by atoms with Crippen molar-refractivity contribution in [3.05, 3.63) is 53.2 Å². The van der Waals surface area contributed by atoms with Crippen LogP contribution >= 0.6 is 0 Å². The van der Waals surface area contributed by atoms with Crippen molar-refractivity contribution in [1.82, 2.24) is 4.57 Å². The molecule has 1 aliphatic rings. The van der Waals surface area contributed by atoms with Crippen LogP contribution in [0.3, 0.4) is 0 Å². The Bertz CT molecular complexity index is 839. The van der Waals surface area contributed by atoms with Gasteiger partial charge in [-0.25, -0.2) is 9.59 Å². The standard InChI is InChI=1S/C16H13NO4/c1-17-11-7-3-2-5-9(11)13-12(17)8-4-6-10(15(18)19)14(13)16(20)21/h2-7H,8H2,1H3,(H,18,19)(H,20,21). The normalized spacial score (nSPS) is 14.1. The molecule has 5 nitrogen and oxygen atoms in total. The van der Waals surface area contributed by atoms with Crippen LogP contribution in [-0.2, 0) is 23.1 Å². The minimum atomic E-state index is -1.23. The first-order valence-electron chi connectivity index (χ1n) is 6.46. The Kier molecular flexibility index (Phi) is 2.90. The Morgan fingerprint density at radius 1 is 1.14 bits per heavy atom. The molecule has 0 unspecified atom stereocenters. The van der Waals surface area contributed by atoms with Gasteiger partial charge in [0.1, 0.15) is 0 Å². The zero-order valence-electron chi connectivity index (χ0n) is 11.3. The van der Waals surface area contributed by atoms with Gasteiger partial charge < -0.3 is 14.8 Å². The lowest BCUT2D eigenvalue weighted by Gasteiger charge is -2.06. The number of aliphatic carboxylic acids is 2. The van der Waals surface area contributed by atoms with Crippen LogP contribution in [0.15, 0.2) is 42.0 Å². The fourth-order valence-corrected chi connectivity index (χ4v) is 2.87. The zero-order chi connectivity index (χ0) is 15.1. The maximum Gasteiger partial charge on any atom is 0.337 e. The fourth-order valence-electron chi connectivity index (χ4n) is 2.87. The Balaban J connectivity index is 2.49. The molecule has 1 aromatic heterocycles. The topological polar surface area (TPSA) is 79.5 Å². The summed E-state index contributed by atoms with van der Waals surface area (Å²) < 4.78 is 1.92. The number of rotatable bonds is 2. The second-order valence-electron chi connectivity index (χ2n) is 4.90. The summed E-state index contributed by atoms with van der Waals surface area (Å²) in [6.07, 6.45) is 3.56. The van der Waals surface area contributed by atoms with E-state index in [0.717, 1.165) is 16.6 Å². The van der Waals surface area contributed by atoms with Gasteiger partial charge in [-0.3, -0.25) is 0 Å². The van der Waals surface area contributed by atoms with Crippen LogP contribution in [-0.4, -0.2) is 26.7 Å². The molecule has 0 saturated heterocycles. The van der Waals surface area contributed by atoms with Crippen molar-refractivity contribution >= 4 is 28.4 Å². The van der Waals surface area contributed by atoms with E-state index in [1.165, 1.54) is 6.08 Å². The highest BCUT2D eigenvalue weighted by atomic mass is 16.4. The zero-order valence-corrected chi connectivity index (χ0v) is 11.3. The number of benzene rings is 1. The van der Waals surface area contributed by atoms with E-state index in [1.54, 1.807) is 6.08 Å². The molecule has 0 atom stereocenters. The number of para-hydroxylation sites is 1. The van der Waals surface area contributed by atoms with Gasteiger partial charge in [0.2, 0.25) is 0 Å². The molecule has 0 amide bonds. The van der Waals surface area contributed by atoms with E-state index in [2.05, 4.69) is 0 Å². The first-order valence-corrected chi connectivity index (χ1v) is 6.46. The van der Waals surface area contributed by atoms with Gasteiger partial charge in [0.15, 0.2) is 0 Å². The molecule has 1 heterocycles. The number of aromatic nitrogens is 1. The lowest BCUT2D eigenvalue weighted by Crippen LogP contribution is -2.09. The summed E-state index contributed by atoms with van der Waals surface area (Å²) in [4.78, 5) is 23.1. The molecule has 1 aliphatic carbocycles. The van der Waals surface area contributed by atoms with Crippen LogP contribution in [0.4, 0.5) is 0 Å². The van der Waals surface area contributed by atoms with Gasteiger partial charge in [0.05, 0.1) is 11.1 Å². The maximum atomic E-state index is 11.7. The summed E-state index contributed by atoms with van der Waals surface area (Å²) in [6, 6.07) is 7.41. The third-order valence-corrected chi connectivity index (χ3v) is 3.79. The first-order chi connectivity index (χ1) is 10.0. The summed E-state index contributed by atoms with van der Waals surface area (Å²) in [5.41, 5.74) is 1.87. The SMILES string of the molecule is Cn1c2c(c3ccccc31)C(C(=O)O)=C(C(=O)O)C=CC2. The quantitative estimate of drug-likeness (QED) is 0.885. The van der Waals surface area contributed by atoms with Gasteiger partial charge in [-0.2, -0.15) is 0 Å². The highest BCUT2D eigenvalue weighted by Gasteiger charge is 2.28. The number of carboxylic acids is 2. The Hall–Kier alpha value is -2.82. The van der Waals surface area contributed by atoms with Crippen molar-refractivity contribution in [3.8, 4) is 0 Å². The average molecular weight is 283 g/mol. The molecule has 0 aliphatic heterocycles. The molecule has 2 aromatic rings. The minimum absolute atomic E-state index is 0.150. The second-order valence-corrected chi connectivity index (χ2v) is 4.90. The van der Waals surface area contributed by atoms with Crippen molar-refractivity contribution in [2.45, 2.75) is 6.42 Å². The predicted molar refractivity (Wildman–Crippen MR) is 78.0 cm³/mol. The molecule has 0 spiro atoms.